The highest BCUT2D eigenvalue weighted by atomic mass is 32.2. The number of amides is 3. The van der Waals surface area contributed by atoms with Gasteiger partial charge in [-0.2, -0.15) is 0 Å². The van der Waals surface area contributed by atoms with Crippen LogP contribution in [-0.4, -0.2) is 30.8 Å². The number of halogens is 1. The highest BCUT2D eigenvalue weighted by Crippen LogP contribution is 2.25. The SMILES string of the molecule is CSc1ccccc1NC(=O)NC1CC(=O)N(c2cccc(F)c2)C1. The van der Waals surface area contributed by atoms with Crippen LogP contribution in [0, 0.1) is 5.82 Å². The van der Waals surface area contributed by atoms with Gasteiger partial charge in [0.25, 0.3) is 0 Å². The third-order valence-electron chi connectivity index (χ3n) is 3.94. The minimum absolute atomic E-state index is 0.139. The van der Waals surface area contributed by atoms with Gasteiger partial charge in [-0.3, -0.25) is 4.79 Å². The Bertz CT molecular complexity index is 799. The fourth-order valence-electron chi connectivity index (χ4n) is 2.79. The smallest absolute Gasteiger partial charge is 0.319 e. The largest absolute Gasteiger partial charge is 0.333 e. The molecule has 0 radical (unpaired) electrons. The fraction of sp³-hybridized carbons (Fsp3) is 0.222. The van der Waals surface area contributed by atoms with E-state index in [9.17, 15) is 14.0 Å². The number of rotatable bonds is 4. The van der Waals surface area contributed by atoms with Crippen molar-refractivity contribution in [3.8, 4) is 0 Å². The van der Waals surface area contributed by atoms with E-state index < -0.39 is 5.82 Å². The minimum Gasteiger partial charge on any atom is -0.333 e. The molecular weight excluding hydrogens is 341 g/mol. The molecule has 1 heterocycles. The maximum atomic E-state index is 13.3. The first-order chi connectivity index (χ1) is 12.1. The van der Waals surface area contributed by atoms with Crippen molar-refractivity contribution in [1.82, 2.24) is 5.32 Å². The van der Waals surface area contributed by atoms with Crippen molar-refractivity contribution in [2.45, 2.75) is 17.4 Å². The van der Waals surface area contributed by atoms with Crippen molar-refractivity contribution >= 4 is 35.1 Å². The number of hydrogen-bond acceptors (Lipinski definition) is 3. The minimum atomic E-state index is -0.395. The highest BCUT2D eigenvalue weighted by Gasteiger charge is 2.31. The molecule has 25 heavy (non-hydrogen) atoms. The molecule has 3 amide bonds. The third-order valence-corrected chi connectivity index (χ3v) is 4.73. The van der Waals surface area contributed by atoms with E-state index in [0.717, 1.165) is 10.6 Å². The number of hydrogen-bond donors (Lipinski definition) is 2. The van der Waals surface area contributed by atoms with E-state index in [2.05, 4.69) is 10.6 Å². The van der Waals surface area contributed by atoms with Crippen molar-refractivity contribution in [3.05, 3.63) is 54.3 Å². The molecule has 2 aromatic rings. The Kier molecular flexibility index (Phi) is 5.23. The predicted octanol–water partition coefficient (Wildman–Crippen LogP) is 3.47. The van der Waals surface area contributed by atoms with Gasteiger partial charge in [0.15, 0.2) is 0 Å². The van der Waals surface area contributed by atoms with Crippen LogP contribution in [0.15, 0.2) is 53.4 Å². The van der Waals surface area contributed by atoms with E-state index in [1.165, 1.54) is 28.8 Å². The molecule has 7 heteroatoms. The number of thioether (sulfide) groups is 1. The van der Waals surface area contributed by atoms with Gasteiger partial charge in [-0.1, -0.05) is 18.2 Å². The van der Waals surface area contributed by atoms with Gasteiger partial charge >= 0.3 is 6.03 Å². The van der Waals surface area contributed by atoms with Gasteiger partial charge in [-0.15, -0.1) is 11.8 Å². The summed E-state index contributed by atoms with van der Waals surface area (Å²) in [6.07, 6.45) is 2.12. The van der Waals surface area contributed by atoms with Gasteiger partial charge in [0.05, 0.1) is 11.7 Å². The number of nitrogens with zero attached hydrogens (tertiary/aromatic N) is 1. The van der Waals surface area contributed by atoms with Gasteiger partial charge in [0.2, 0.25) is 5.91 Å². The molecule has 1 aliphatic rings. The molecule has 1 atom stereocenters. The number of carbonyl (C=O) groups is 2. The van der Waals surface area contributed by atoms with Crippen molar-refractivity contribution in [1.29, 1.82) is 0 Å². The normalized spacial score (nSPS) is 16.8. The standard InChI is InChI=1S/C18H18FN3O2S/c1-25-16-8-3-2-7-15(16)21-18(24)20-13-10-17(23)22(11-13)14-6-4-5-12(19)9-14/h2-9,13H,10-11H2,1H3,(H2,20,21,24). The molecule has 2 N–H and O–H groups in total. The summed E-state index contributed by atoms with van der Waals surface area (Å²) in [5.41, 5.74) is 1.22. The molecule has 5 nitrogen and oxygen atoms in total. The average Bonchev–Trinajstić information content (AvgIpc) is 2.95. The molecule has 3 rings (SSSR count). The van der Waals surface area contributed by atoms with Crippen molar-refractivity contribution in [2.24, 2.45) is 0 Å². The first-order valence-corrected chi connectivity index (χ1v) is 9.06. The molecule has 130 valence electrons. The van der Waals surface area contributed by atoms with Crippen molar-refractivity contribution in [2.75, 3.05) is 23.0 Å². The molecule has 0 spiro atoms. The number of anilines is 2. The topological polar surface area (TPSA) is 61.4 Å². The summed E-state index contributed by atoms with van der Waals surface area (Å²) in [6.45, 7) is 0.319. The molecule has 0 aromatic heterocycles. The lowest BCUT2D eigenvalue weighted by atomic mass is 10.2. The van der Waals surface area contributed by atoms with E-state index in [-0.39, 0.29) is 24.4 Å². The highest BCUT2D eigenvalue weighted by molar-refractivity contribution is 7.98. The Morgan fingerprint density at radius 1 is 1.24 bits per heavy atom. The van der Waals surface area contributed by atoms with E-state index in [1.807, 2.05) is 30.5 Å². The first kappa shape index (κ1) is 17.3. The van der Waals surface area contributed by atoms with Crippen LogP contribution < -0.4 is 15.5 Å². The monoisotopic (exact) mass is 359 g/mol. The van der Waals surface area contributed by atoms with Crippen molar-refractivity contribution in [3.63, 3.8) is 0 Å². The zero-order valence-corrected chi connectivity index (χ0v) is 14.5. The van der Waals surface area contributed by atoms with Gasteiger partial charge < -0.3 is 15.5 Å². The van der Waals surface area contributed by atoms with Crippen LogP contribution in [0.1, 0.15) is 6.42 Å². The zero-order valence-electron chi connectivity index (χ0n) is 13.7. The van der Waals surface area contributed by atoms with Crippen LogP contribution in [0.3, 0.4) is 0 Å². The number of carbonyl (C=O) groups excluding carboxylic acids is 2. The number of benzene rings is 2. The molecule has 2 aromatic carbocycles. The van der Waals surface area contributed by atoms with Crippen LogP contribution in [0.25, 0.3) is 0 Å². The second-order valence-electron chi connectivity index (χ2n) is 5.68. The maximum Gasteiger partial charge on any atom is 0.319 e. The van der Waals surface area contributed by atoms with E-state index in [0.29, 0.717) is 12.2 Å². The van der Waals surface area contributed by atoms with Gasteiger partial charge in [-0.05, 0) is 36.6 Å². The third kappa shape index (κ3) is 4.11. The Morgan fingerprint density at radius 3 is 2.80 bits per heavy atom. The molecule has 1 unspecified atom stereocenters. The van der Waals surface area contributed by atoms with Gasteiger partial charge in [-0.25, -0.2) is 9.18 Å². The van der Waals surface area contributed by atoms with Crippen LogP contribution in [-0.2, 0) is 4.79 Å². The lowest BCUT2D eigenvalue weighted by Crippen LogP contribution is -2.39. The molecule has 1 saturated heterocycles. The summed E-state index contributed by atoms with van der Waals surface area (Å²) < 4.78 is 13.3. The summed E-state index contributed by atoms with van der Waals surface area (Å²) in [5.74, 6) is -0.534. The molecular formula is C18H18FN3O2S. The van der Waals surface area contributed by atoms with E-state index >= 15 is 0 Å². The number of nitrogens with one attached hydrogen (secondary N) is 2. The van der Waals surface area contributed by atoms with Crippen LogP contribution in [0.5, 0.6) is 0 Å². The molecule has 0 saturated carbocycles. The Labute approximate surface area is 149 Å². The lowest BCUT2D eigenvalue weighted by molar-refractivity contribution is -0.117. The summed E-state index contributed by atoms with van der Waals surface area (Å²) in [5, 5.41) is 5.61. The zero-order chi connectivity index (χ0) is 17.8. The molecule has 1 aliphatic heterocycles. The van der Waals surface area contributed by atoms with Gasteiger partial charge in [0, 0.05) is 23.5 Å². The quantitative estimate of drug-likeness (QED) is 0.822. The first-order valence-electron chi connectivity index (χ1n) is 7.83. The Balaban J connectivity index is 1.62. The number of urea groups is 1. The van der Waals surface area contributed by atoms with E-state index in [4.69, 9.17) is 0 Å². The van der Waals surface area contributed by atoms with Crippen LogP contribution >= 0.6 is 11.8 Å². The average molecular weight is 359 g/mol. The fourth-order valence-corrected chi connectivity index (χ4v) is 3.34. The molecule has 1 fully saturated rings. The number of para-hydroxylation sites is 1. The molecule has 0 bridgehead atoms. The Morgan fingerprint density at radius 2 is 2.04 bits per heavy atom. The molecule has 0 aliphatic carbocycles. The van der Waals surface area contributed by atoms with E-state index in [1.54, 1.807) is 12.1 Å². The summed E-state index contributed by atoms with van der Waals surface area (Å²) >= 11 is 1.54. The lowest BCUT2D eigenvalue weighted by Gasteiger charge is -2.18. The maximum absolute atomic E-state index is 13.3. The van der Waals surface area contributed by atoms with Gasteiger partial charge in [0.1, 0.15) is 5.82 Å². The van der Waals surface area contributed by atoms with Crippen molar-refractivity contribution < 1.29 is 14.0 Å². The summed E-state index contributed by atoms with van der Waals surface area (Å²) in [4.78, 5) is 26.8. The summed E-state index contributed by atoms with van der Waals surface area (Å²) in [7, 11) is 0. The second-order valence-corrected chi connectivity index (χ2v) is 6.53. The Hall–Kier alpha value is -2.54. The predicted molar refractivity (Wildman–Crippen MR) is 97.5 cm³/mol. The summed E-state index contributed by atoms with van der Waals surface area (Å²) in [6, 6.07) is 12.7. The second kappa shape index (κ2) is 7.57. The van der Waals surface area contributed by atoms with Crippen LogP contribution in [0.2, 0.25) is 0 Å². The van der Waals surface area contributed by atoms with Crippen LogP contribution in [0.4, 0.5) is 20.6 Å².